The predicted octanol–water partition coefficient (Wildman–Crippen LogP) is 2.56. The average molecular weight is 376 g/mol. The van der Waals surface area contributed by atoms with Gasteiger partial charge in [0.1, 0.15) is 12.4 Å². The highest BCUT2D eigenvalue weighted by Crippen LogP contribution is 2.20. The maximum absolute atomic E-state index is 11.9. The van der Waals surface area contributed by atoms with E-state index in [0.717, 1.165) is 5.56 Å². The first-order chi connectivity index (χ1) is 12.4. The van der Waals surface area contributed by atoms with Crippen LogP contribution in [0.2, 0.25) is 0 Å². The molecule has 0 aliphatic rings. The zero-order valence-electron chi connectivity index (χ0n) is 15.0. The number of hydrogen-bond acceptors (Lipinski definition) is 4. The highest BCUT2D eigenvalue weighted by molar-refractivity contribution is 7.89. The van der Waals surface area contributed by atoms with Crippen LogP contribution >= 0.6 is 0 Å². The molecular weight excluding hydrogens is 352 g/mol. The lowest BCUT2D eigenvalue weighted by Gasteiger charge is -2.21. The van der Waals surface area contributed by atoms with Crippen LogP contribution in [0.1, 0.15) is 19.4 Å². The van der Waals surface area contributed by atoms with Crippen LogP contribution < -0.4 is 14.4 Å². The predicted molar refractivity (Wildman–Crippen MR) is 103 cm³/mol. The summed E-state index contributed by atoms with van der Waals surface area (Å²) in [6, 6.07) is 17.0. The molecule has 0 atom stereocenters. The van der Waals surface area contributed by atoms with Gasteiger partial charge in [0.25, 0.3) is 0 Å². The van der Waals surface area contributed by atoms with Crippen LogP contribution in [0.15, 0.2) is 54.6 Å². The number of nitrogens with one attached hydrogen (secondary N) is 1. The van der Waals surface area contributed by atoms with E-state index in [1.54, 1.807) is 31.2 Å². The number of ether oxygens (including phenoxy) is 1. The van der Waals surface area contributed by atoms with E-state index in [1.807, 2.05) is 30.3 Å². The molecule has 1 amide bonds. The van der Waals surface area contributed by atoms with Crippen LogP contribution in [-0.4, -0.2) is 33.2 Å². The Labute approximate surface area is 154 Å². The first-order valence-corrected chi connectivity index (χ1v) is 10.1. The highest BCUT2D eigenvalue weighted by atomic mass is 32.2. The fraction of sp³-hybridized carbons (Fsp3) is 0.316. The quantitative estimate of drug-likeness (QED) is 0.730. The number of benzene rings is 2. The van der Waals surface area contributed by atoms with Gasteiger partial charge in [-0.05, 0) is 36.8 Å². The third kappa shape index (κ3) is 6.16. The molecule has 0 fully saturated rings. The van der Waals surface area contributed by atoms with Crippen LogP contribution in [0.4, 0.5) is 5.69 Å². The van der Waals surface area contributed by atoms with Crippen molar-refractivity contribution >= 4 is 21.6 Å². The summed E-state index contributed by atoms with van der Waals surface area (Å²) < 4.78 is 31.2. The second-order valence-electron chi connectivity index (χ2n) is 5.74. The van der Waals surface area contributed by atoms with E-state index in [9.17, 15) is 13.2 Å². The van der Waals surface area contributed by atoms with Crippen molar-refractivity contribution in [1.82, 2.24) is 4.72 Å². The number of sulfonamides is 1. The van der Waals surface area contributed by atoms with Gasteiger partial charge in [-0.25, -0.2) is 13.1 Å². The van der Waals surface area contributed by atoms with E-state index >= 15 is 0 Å². The molecule has 0 aromatic heterocycles. The smallest absolute Gasteiger partial charge is 0.223 e. The summed E-state index contributed by atoms with van der Waals surface area (Å²) >= 11 is 0. The van der Waals surface area contributed by atoms with Crippen molar-refractivity contribution in [3.63, 3.8) is 0 Å². The normalized spacial score (nSPS) is 11.2. The van der Waals surface area contributed by atoms with E-state index in [4.69, 9.17) is 4.74 Å². The molecule has 0 radical (unpaired) electrons. The fourth-order valence-corrected chi connectivity index (χ4v) is 2.95. The minimum atomic E-state index is -3.27. The van der Waals surface area contributed by atoms with Gasteiger partial charge >= 0.3 is 0 Å². The summed E-state index contributed by atoms with van der Waals surface area (Å²) in [7, 11) is -3.27. The average Bonchev–Trinajstić information content (AvgIpc) is 2.65. The number of amides is 1. The Hall–Kier alpha value is -2.38. The van der Waals surface area contributed by atoms with Gasteiger partial charge in [0.15, 0.2) is 0 Å². The van der Waals surface area contributed by atoms with Crippen LogP contribution in [0, 0.1) is 0 Å². The molecule has 0 heterocycles. The third-order valence-electron chi connectivity index (χ3n) is 3.81. The summed E-state index contributed by atoms with van der Waals surface area (Å²) in [6.45, 7) is 3.92. The second kappa shape index (κ2) is 9.35. The van der Waals surface area contributed by atoms with Crippen molar-refractivity contribution < 1.29 is 17.9 Å². The largest absolute Gasteiger partial charge is 0.489 e. The Bertz CT molecular complexity index is 805. The minimum absolute atomic E-state index is 0.0144. The Morgan fingerprint density at radius 2 is 1.73 bits per heavy atom. The number of nitrogens with zero attached hydrogens (tertiary/aromatic N) is 1. The van der Waals surface area contributed by atoms with E-state index in [-0.39, 0.29) is 24.7 Å². The molecule has 2 rings (SSSR count). The Morgan fingerprint density at radius 3 is 2.31 bits per heavy atom. The van der Waals surface area contributed by atoms with Crippen LogP contribution in [0.25, 0.3) is 0 Å². The van der Waals surface area contributed by atoms with Crippen LogP contribution in [-0.2, 0) is 21.4 Å². The molecule has 0 bridgehead atoms. The lowest BCUT2D eigenvalue weighted by Crippen LogP contribution is -2.38. The van der Waals surface area contributed by atoms with Crippen molar-refractivity contribution in [2.75, 3.05) is 23.7 Å². The minimum Gasteiger partial charge on any atom is -0.489 e. The van der Waals surface area contributed by atoms with Gasteiger partial charge < -0.3 is 9.64 Å². The molecule has 0 aliphatic carbocycles. The summed E-state index contributed by atoms with van der Waals surface area (Å²) in [5.74, 6) is 0.562. The number of carbonyl (C=O) groups excluding carboxylic acids is 1. The number of anilines is 1. The van der Waals surface area contributed by atoms with Gasteiger partial charge in [0.05, 0.1) is 5.75 Å². The molecule has 26 heavy (non-hydrogen) atoms. The van der Waals surface area contributed by atoms with E-state index in [1.165, 1.54) is 11.8 Å². The number of rotatable bonds is 9. The maximum atomic E-state index is 11.9. The monoisotopic (exact) mass is 376 g/mol. The molecule has 2 aromatic rings. The third-order valence-corrected chi connectivity index (χ3v) is 5.22. The topological polar surface area (TPSA) is 75.7 Å². The van der Waals surface area contributed by atoms with Gasteiger partial charge in [-0.1, -0.05) is 30.3 Å². The van der Waals surface area contributed by atoms with Gasteiger partial charge in [-0.3, -0.25) is 4.79 Å². The zero-order valence-corrected chi connectivity index (χ0v) is 15.8. The molecule has 0 spiro atoms. The molecule has 0 unspecified atom stereocenters. The number of carbonyl (C=O) groups is 1. The Kier molecular flexibility index (Phi) is 7.17. The molecular formula is C19H24N2O4S. The molecule has 6 nitrogen and oxygen atoms in total. The SMILES string of the molecule is CCS(=O)(=O)NCCN(C(C)=O)c1ccc(OCc2ccccc2)cc1. The van der Waals surface area contributed by atoms with E-state index in [2.05, 4.69) is 4.72 Å². The van der Waals surface area contributed by atoms with Gasteiger partial charge in [-0.2, -0.15) is 0 Å². The Morgan fingerprint density at radius 1 is 1.08 bits per heavy atom. The lowest BCUT2D eigenvalue weighted by molar-refractivity contribution is -0.116. The van der Waals surface area contributed by atoms with Gasteiger partial charge in [-0.15, -0.1) is 0 Å². The Balaban J connectivity index is 1.95. The summed E-state index contributed by atoms with van der Waals surface area (Å²) in [4.78, 5) is 13.4. The molecule has 2 aromatic carbocycles. The molecule has 140 valence electrons. The van der Waals surface area contributed by atoms with Gasteiger partial charge in [0.2, 0.25) is 15.9 Å². The molecule has 0 aliphatic heterocycles. The summed E-state index contributed by atoms with van der Waals surface area (Å²) in [6.07, 6.45) is 0. The van der Waals surface area contributed by atoms with Crippen molar-refractivity contribution in [2.24, 2.45) is 0 Å². The van der Waals surface area contributed by atoms with Crippen molar-refractivity contribution in [3.05, 3.63) is 60.2 Å². The first-order valence-electron chi connectivity index (χ1n) is 8.43. The zero-order chi connectivity index (χ0) is 19.0. The van der Waals surface area contributed by atoms with Crippen molar-refractivity contribution in [1.29, 1.82) is 0 Å². The standard InChI is InChI=1S/C19H24N2O4S/c1-3-26(23,24)20-13-14-21(16(2)22)18-9-11-19(12-10-18)25-15-17-7-5-4-6-8-17/h4-12,20H,3,13-15H2,1-2H3. The van der Waals surface area contributed by atoms with Gasteiger partial charge in [0, 0.05) is 25.7 Å². The van der Waals surface area contributed by atoms with Crippen molar-refractivity contribution in [3.8, 4) is 5.75 Å². The van der Waals surface area contributed by atoms with Crippen LogP contribution in [0.5, 0.6) is 5.75 Å². The maximum Gasteiger partial charge on any atom is 0.223 e. The molecule has 7 heteroatoms. The molecule has 0 saturated carbocycles. The second-order valence-corrected chi connectivity index (χ2v) is 7.83. The molecule has 1 N–H and O–H groups in total. The number of hydrogen-bond donors (Lipinski definition) is 1. The van der Waals surface area contributed by atoms with Crippen LogP contribution in [0.3, 0.4) is 0 Å². The molecule has 0 saturated heterocycles. The highest BCUT2D eigenvalue weighted by Gasteiger charge is 2.13. The fourth-order valence-electron chi connectivity index (χ4n) is 2.35. The van der Waals surface area contributed by atoms with E-state index in [0.29, 0.717) is 18.0 Å². The summed E-state index contributed by atoms with van der Waals surface area (Å²) in [5, 5.41) is 0. The first kappa shape index (κ1) is 19.9. The van der Waals surface area contributed by atoms with Crippen molar-refractivity contribution in [2.45, 2.75) is 20.5 Å². The lowest BCUT2D eigenvalue weighted by atomic mass is 10.2. The summed E-state index contributed by atoms with van der Waals surface area (Å²) in [5.41, 5.74) is 1.77. The van der Waals surface area contributed by atoms with E-state index < -0.39 is 10.0 Å².